The second kappa shape index (κ2) is 8.56. The van der Waals surface area contributed by atoms with E-state index in [9.17, 15) is 27.2 Å². The van der Waals surface area contributed by atoms with Gasteiger partial charge in [0, 0.05) is 5.41 Å². The Hall–Kier alpha value is -3.43. The largest absolute Gasteiger partial charge is 0.469 e. The summed E-state index contributed by atoms with van der Waals surface area (Å²) < 4.78 is 68.3. The average molecular weight is 519 g/mol. The molecule has 4 atom stereocenters. The molecule has 0 saturated heterocycles. The fourth-order valence-electron chi connectivity index (χ4n) is 6.56. The highest BCUT2D eigenvalue weighted by Gasteiger charge is 2.71. The minimum atomic E-state index is -5.02. The number of hydrogen-bond donors (Lipinski definition) is 0. The topological polar surface area (TPSA) is 70.4 Å². The van der Waals surface area contributed by atoms with Crippen LogP contribution < -0.4 is 0 Å². The number of hydrogen-bond acceptors (Lipinski definition) is 5. The maximum absolute atomic E-state index is 14.6. The number of fused-ring (bicyclic) bond motifs is 4. The first-order chi connectivity index (χ1) is 17.5. The molecule has 0 unspecified atom stereocenters. The summed E-state index contributed by atoms with van der Waals surface area (Å²) in [6.07, 6.45) is 0.575. The number of carbonyl (C=O) groups excluding carboxylic acids is 2. The Morgan fingerprint density at radius 2 is 1.84 bits per heavy atom. The summed E-state index contributed by atoms with van der Waals surface area (Å²) >= 11 is 0. The van der Waals surface area contributed by atoms with Crippen molar-refractivity contribution < 1.29 is 36.6 Å². The van der Waals surface area contributed by atoms with E-state index in [0.29, 0.717) is 24.1 Å². The minimum Gasteiger partial charge on any atom is -0.469 e. The lowest BCUT2D eigenvalue weighted by atomic mass is 9.50. The number of benzene rings is 1. The van der Waals surface area contributed by atoms with Gasteiger partial charge in [-0.1, -0.05) is 24.1 Å². The molecule has 3 aliphatic rings. The number of carbonyl (C=O) groups is 2. The summed E-state index contributed by atoms with van der Waals surface area (Å²) in [5.74, 6) is -5.52. The number of aromatic nitrogens is 2. The van der Waals surface area contributed by atoms with Crippen molar-refractivity contribution in [2.45, 2.75) is 38.8 Å². The quantitative estimate of drug-likeness (QED) is 0.317. The van der Waals surface area contributed by atoms with Crippen LogP contribution >= 0.6 is 0 Å². The van der Waals surface area contributed by atoms with E-state index in [1.165, 1.54) is 18.2 Å². The first-order valence-electron chi connectivity index (χ1n) is 12.0. The molecular formula is C27H26F4N2O4. The summed E-state index contributed by atoms with van der Waals surface area (Å²) in [4.78, 5) is 25.6. The lowest BCUT2D eigenvalue weighted by molar-refractivity contribution is -0.255. The highest BCUT2D eigenvalue weighted by atomic mass is 19.4. The summed E-state index contributed by atoms with van der Waals surface area (Å²) in [5.41, 5.74) is 0.426. The highest BCUT2D eigenvalue weighted by molar-refractivity contribution is 5.88. The molecule has 0 radical (unpaired) electrons. The van der Waals surface area contributed by atoms with E-state index < -0.39 is 47.2 Å². The number of halogens is 4. The Kier molecular flexibility index (Phi) is 5.84. The van der Waals surface area contributed by atoms with Crippen LogP contribution in [0.4, 0.5) is 17.6 Å². The number of ether oxygens (including phenoxy) is 2. The van der Waals surface area contributed by atoms with E-state index in [4.69, 9.17) is 4.74 Å². The Morgan fingerprint density at radius 1 is 1.14 bits per heavy atom. The molecule has 3 aliphatic carbocycles. The van der Waals surface area contributed by atoms with E-state index >= 15 is 0 Å². The number of esters is 2. The van der Waals surface area contributed by atoms with Gasteiger partial charge in [-0.2, -0.15) is 18.3 Å². The van der Waals surface area contributed by atoms with E-state index in [1.54, 1.807) is 23.0 Å². The van der Waals surface area contributed by atoms with E-state index in [1.807, 2.05) is 13.0 Å². The van der Waals surface area contributed by atoms with Crippen LogP contribution in [0.5, 0.6) is 0 Å². The minimum absolute atomic E-state index is 0.238. The number of nitrogens with zero attached hydrogens (tertiary/aromatic N) is 2. The molecule has 0 spiro atoms. The van der Waals surface area contributed by atoms with Crippen LogP contribution in [0, 0.1) is 28.5 Å². The maximum Gasteiger partial charge on any atom is 0.406 e. The third-order valence-electron chi connectivity index (χ3n) is 8.37. The molecule has 6 nitrogen and oxygen atoms in total. The molecule has 10 heteroatoms. The van der Waals surface area contributed by atoms with Gasteiger partial charge in [0.15, 0.2) is 5.41 Å². The first kappa shape index (κ1) is 25.2. The monoisotopic (exact) mass is 518 g/mol. The maximum atomic E-state index is 14.6. The normalized spacial score (nSPS) is 28.7. The van der Waals surface area contributed by atoms with Crippen LogP contribution in [0.15, 0.2) is 47.7 Å². The molecule has 0 bridgehead atoms. The van der Waals surface area contributed by atoms with Gasteiger partial charge in [0.2, 0.25) is 0 Å². The fraction of sp³-hybridized carbons (Fsp3) is 0.444. The van der Waals surface area contributed by atoms with E-state index in [-0.39, 0.29) is 12.2 Å². The van der Waals surface area contributed by atoms with Gasteiger partial charge in [0.05, 0.1) is 37.7 Å². The van der Waals surface area contributed by atoms with Crippen molar-refractivity contribution in [1.29, 1.82) is 0 Å². The molecule has 196 valence electrons. The third-order valence-corrected chi connectivity index (χ3v) is 8.37. The highest BCUT2D eigenvalue weighted by Crippen LogP contribution is 2.63. The van der Waals surface area contributed by atoms with Gasteiger partial charge in [-0.25, -0.2) is 9.07 Å². The summed E-state index contributed by atoms with van der Waals surface area (Å²) in [5, 5.41) is 4.48. The zero-order valence-electron chi connectivity index (χ0n) is 20.6. The van der Waals surface area contributed by atoms with Gasteiger partial charge < -0.3 is 9.47 Å². The lowest BCUT2D eigenvalue weighted by Crippen LogP contribution is -2.59. The predicted molar refractivity (Wildman–Crippen MR) is 125 cm³/mol. The van der Waals surface area contributed by atoms with Gasteiger partial charge in [-0.3, -0.25) is 9.59 Å². The summed E-state index contributed by atoms with van der Waals surface area (Å²) in [7, 11) is 1.93. The molecule has 0 amide bonds. The van der Waals surface area contributed by atoms with Crippen LogP contribution in [0.25, 0.3) is 11.8 Å². The second-order valence-electron chi connectivity index (χ2n) is 10.1. The van der Waals surface area contributed by atoms with Crippen LogP contribution in [0.1, 0.15) is 37.4 Å². The molecule has 0 N–H and O–H groups in total. The molecule has 37 heavy (non-hydrogen) atoms. The van der Waals surface area contributed by atoms with Gasteiger partial charge in [-0.15, -0.1) is 0 Å². The van der Waals surface area contributed by atoms with Gasteiger partial charge >= 0.3 is 18.1 Å². The van der Waals surface area contributed by atoms with E-state index in [2.05, 4.69) is 9.84 Å². The number of allylic oxidation sites excluding steroid dienone is 3. The molecule has 2 aromatic rings. The van der Waals surface area contributed by atoms with Crippen molar-refractivity contribution >= 4 is 18.0 Å². The van der Waals surface area contributed by atoms with Crippen LogP contribution in [0.3, 0.4) is 0 Å². The Morgan fingerprint density at radius 3 is 2.46 bits per heavy atom. The van der Waals surface area contributed by atoms with Crippen molar-refractivity contribution in [1.82, 2.24) is 9.78 Å². The standard InChI is InChI=1S/C27H26F4N2O4/c1-25-13-15-14-32-33(18-7-5-17(28)6-8-18)21(15)12-16(25)4-9-19-20(25)10-11-26(24(35)37-3,27(29,30)31)22(19)23(34)36-2/h5-8,10,12,14,19,22H,4,9,11,13H2,1-3H3/t19-,22+,25-,26-/m0/s1. The number of alkyl halides is 3. The second-order valence-corrected chi connectivity index (χ2v) is 10.1. The van der Waals surface area contributed by atoms with Crippen molar-refractivity contribution in [2.75, 3.05) is 14.2 Å². The lowest BCUT2D eigenvalue weighted by Gasteiger charge is -2.53. The summed E-state index contributed by atoms with van der Waals surface area (Å²) in [6, 6.07) is 5.95. The van der Waals surface area contributed by atoms with Crippen molar-refractivity contribution in [3.63, 3.8) is 0 Å². The van der Waals surface area contributed by atoms with Crippen molar-refractivity contribution in [2.24, 2.45) is 22.7 Å². The van der Waals surface area contributed by atoms with Crippen molar-refractivity contribution in [3.8, 4) is 5.69 Å². The number of rotatable bonds is 3. The SMILES string of the molecule is COC(=O)[C@H]1[C@H]2CCC3=Cc4c(cnn4-c4ccc(F)cc4)C[C@]3(C)C2=CC[C@]1(C(=O)OC)C(F)(F)F. The predicted octanol–water partition coefficient (Wildman–Crippen LogP) is 5.21. The molecule has 1 aromatic heterocycles. The van der Waals surface area contributed by atoms with Gasteiger partial charge in [-0.05, 0) is 67.5 Å². The Bertz CT molecular complexity index is 1330. The summed E-state index contributed by atoms with van der Waals surface area (Å²) in [6.45, 7) is 1.96. The van der Waals surface area contributed by atoms with Crippen LogP contribution in [-0.4, -0.2) is 42.1 Å². The number of methoxy groups -OCH3 is 2. The van der Waals surface area contributed by atoms with Crippen LogP contribution in [-0.2, 0) is 25.5 Å². The molecule has 0 aliphatic heterocycles. The Labute approximate surface area is 210 Å². The molecule has 1 fully saturated rings. The zero-order chi connectivity index (χ0) is 26.8. The molecule has 1 heterocycles. The van der Waals surface area contributed by atoms with Crippen LogP contribution in [0.2, 0.25) is 0 Å². The van der Waals surface area contributed by atoms with Gasteiger partial charge in [0.25, 0.3) is 0 Å². The molecular weight excluding hydrogens is 492 g/mol. The van der Waals surface area contributed by atoms with Gasteiger partial charge in [0.1, 0.15) is 5.82 Å². The average Bonchev–Trinajstić information content (AvgIpc) is 3.27. The molecule has 5 rings (SSSR count). The zero-order valence-corrected chi connectivity index (χ0v) is 20.6. The molecule has 1 saturated carbocycles. The molecule has 1 aromatic carbocycles. The van der Waals surface area contributed by atoms with E-state index in [0.717, 1.165) is 31.1 Å². The Balaban J connectivity index is 1.61. The van der Waals surface area contributed by atoms with Crippen molar-refractivity contribution in [3.05, 3.63) is 64.8 Å². The smallest absolute Gasteiger partial charge is 0.406 e. The fourth-order valence-corrected chi connectivity index (χ4v) is 6.56. The third kappa shape index (κ3) is 3.55. The first-order valence-corrected chi connectivity index (χ1v) is 12.0.